The molecule has 1 aromatic carbocycles. The third-order valence-electron chi connectivity index (χ3n) is 4.69. The van der Waals surface area contributed by atoms with E-state index in [1.165, 1.54) is 0 Å². The number of aromatic nitrogens is 3. The molecule has 1 aliphatic rings. The fraction of sp³-hybridized carbons (Fsp3) is 0.350. The summed E-state index contributed by atoms with van der Waals surface area (Å²) in [4.78, 5) is 12.5. The second-order valence-electron chi connectivity index (χ2n) is 6.65. The minimum atomic E-state index is -0.0394. The number of thioether (sulfide) groups is 1. The lowest BCUT2D eigenvalue weighted by atomic mass is 10.2. The Hall–Kier alpha value is -1.86. The van der Waals surface area contributed by atoms with Crippen LogP contribution in [-0.2, 0) is 11.3 Å². The van der Waals surface area contributed by atoms with E-state index in [1.807, 2.05) is 34.9 Å². The summed E-state index contributed by atoms with van der Waals surface area (Å²) in [6.45, 7) is 0.630. The summed E-state index contributed by atoms with van der Waals surface area (Å²) >= 11 is 4.89. The first-order valence-corrected chi connectivity index (χ1v) is 10.8. The van der Waals surface area contributed by atoms with Gasteiger partial charge in [0.05, 0.1) is 11.8 Å². The number of rotatable bonds is 5. The van der Waals surface area contributed by atoms with E-state index in [0.29, 0.717) is 35.0 Å². The summed E-state index contributed by atoms with van der Waals surface area (Å²) in [7, 11) is 0. The van der Waals surface area contributed by atoms with Crippen LogP contribution in [0.1, 0.15) is 37.7 Å². The van der Waals surface area contributed by atoms with Crippen LogP contribution in [0, 0.1) is 0 Å². The van der Waals surface area contributed by atoms with Crippen molar-refractivity contribution < 1.29 is 9.21 Å². The van der Waals surface area contributed by atoms with Crippen molar-refractivity contribution in [2.75, 3.05) is 0 Å². The van der Waals surface area contributed by atoms with Crippen molar-refractivity contribution in [3.05, 3.63) is 52.7 Å². The van der Waals surface area contributed by atoms with Crippen LogP contribution >= 0.6 is 27.7 Å². The largest absolute Gasteiger partial charge is 0.446 e. The van der Waals surface area contributed by atoms with Gasteiger partial charge in [-0.2, -0.15) is 0 Å². The van der Waals surface area contributed by atoms with Crippen LogP contribution in [0.4, 0.5) is 0 Å². The molecule has 0 amide bonds. The lowest BCUT2D eigenvalue weighted by Crippen LogP contribution is -2.16. The van der Waals surface area contributed by atoms with Gasteiger partial charge in [-0.15, -0.1) is 10.2 Å². The Morgan fingerprint density at radius 2 is 1.96 bits per heavy atom. The highest BCUT2D eigenvalue weighted by Gasteiger charge is 2.26. The molecule has 1 aliphatic carbocycles. The first-order valence-electron chi connectivity index (χ1n) is 9.13. The number of hydrogen-bond acceptors (Lipinski definition) is 5. The van der Waals surface area contributed by atoms with Crippen molar-refractivity contribution >= 4 is 33.5 Å². The topological polar surface area (TPSA) is 60.9 Å². The van der Waals surface area contributed by atoms with E-state index >= 15 is 0 Å². The van der Waals surface area contributed by atoms with Crippen molar-refractivity contribution in [1.29, 1.82) is 0 Å². The van der Waals surface area contributed by atoms with Crippen LogP contribution in [0.25, 0.3) is 11.6 Å². The predicted octanol–water partition coefficient (Wildman–Crippen LogP) is 5.34. The van der Waals surface area contributed by atoms with E-state index in [0.717, 1.165) is 36.4 Å². The Labute approximate surface area is 170 Å². The van der Waals surface area contributed by atoms with Crippen LogP contribution in [-0.4, -0.2) is 25.8 Å². The standard InChI is InChI=1S/C20H20BrN3O2S/c21-18-12-11-16(26-18)19-22-23-20(24(19)13-14-7-3-1-4-8-14)27-17-10-6-2-5-9-15(17)25/h1,3-4,7-8,11-12,17H,2,5-6,9-10,13H2/t17-/m0/s1. The van der Waals surface area contributed by atoms with Crippen LogP contribution < -0.4 is 0 Å². The molecule has 140 valence electrons. The van der Waals surface area contributed by atoms with E-state index in [9.17, 15) is 4.79 Å². The third-order valence-corrected chi connectivity index (χ3v) is 6.41. The van der Waals surface area contributed by atoms with E-state index in [4.69, 9.17) is 4.42 Å². The minimum absolute atomic E-state index is 0.0394. The second-order valence-corrected chi connectivity index (χ2v) is 8.61. The van der Waals surface area contributed by atoms with Gasteiger partial charge < -0.3 is 4.42 Å². The number of carbonyl (C=O) groups is 1. The number of Topliss-reactive ketones (excluding diaryl/α,β-unsaturated/α-hetero) is 1. The molecule has 27 heavy (non-hydrogen) atoms. The van der Waals surface area contributed by atoms with Crippen molar-refractivity contribution in [1.82, 2.24) is 14.8 Å². The molecule has 0 unspecified atom stereocenters. The van der Waals surface area contributed by atoms with Crippen LogP contribution in [0.15, 0.2) is 56.7 Å². The van der Waals surface area contributed by atoms with Gasteiger partial charge in [-0.3, -0.25) is 9.36 Å². The van der Waals surface area contributed by atoms with Crippen LogP contribution in [0.2, 0.25) is 0 Å². The number of ketones is 1. The Bertz CT molecular complexity index is 922. The molecule has 0 saturated heterocycles. The molecule has 0 aliphatic heterocycles. The highest BCUT2D eigenvalue weighted by molar-refractivity contribution is 9.10. The van der Waals surface area contributed by atoms with Gasteiger partial charge in [-0.25, -0.2) is 0 Å². The summed E-state index contributed by atoms with van der Waals surface area (Å²) in [5, 5.41) is 9.51. The normalized spacial score (nSPS) is 17.8. The maximum absolute atomic E-state index is 12.5. The molecule has 2 aromatic heterocycles. The second kappa shape index (κ2) is 8.44. The van der Waals surface area contributed by atoms with Gasteiger partial charge >= 0.3 is 0 Å². The number of nitrogens with zero attached hydrogens (tertiary/aromatic N) is 3. The van der Waals surface area contributed by atoms with Crippen LogP contribution in [0.3, 0.4) is 0 Å². The summed E-state index contributed by atoms with van der Waals surface area (Å²) < 4.78 is 8.41. The average Bonchev–Trinajstić information content (AvgIpc) is 3.21. The number of carbonyl (C=O) groups excluding carboxylic acids is 1. The van der Waals surface area contributed by atoms with E-state index in [-0.39, 0.29) is 5.25 Å². The quantitative estimate of drug-likeness (QED) is 0.495. The molecule has 0 bridgehead atoms. The molecule has 5 nitrogen and oxygen atoms in total. The molecule has 3 aromatic rings. The van der Waals surface area contributed by atoms with Crippen LogP contribution in [0.5, 0.6) is 0 Å². The molecule has 1 atom stereocenters. The lowest BCUT2D eigenvalue weighted by molar-refractivity contribution is -0.118. The number of hydrogen-bond donors (Lipinski definition) is 0. The van der Waals surface area contributed by atoms with Crippen molar-refractivity contribution in [2.45, 2.75) is 49.1 Å². The summed E-state index contributed by atoms with van der Waals surface area (Å²) in [5.41, 5.74) is 1.15. The number of halogens is 1. The Morgan fingerprint density at radius 1 is 1.11 bits per heavy atom. The van der Waals surface area contributed by atoms with E-state index in [1.54, 1.807) is 11.8 Å². The third kappa shape index (κ3) is 4.35. The van der Waals surface area contributed by atoms with Gasteiger partial charge in [-0.1, -0.05) is 54.9 Å². The maximum atomic E-state index is 12.5. The highest BCUT2D eigenvalue weighted by Crippen LogP contribution is 2.33. The number of furan rings is 1. The lowest BCUT2D eigenvalue weighted by Gasteiger charge is -2.14. The fourth-order valence-corrected chi connectivity index (χ4v) is 4.74. The molecule has 4 rings (SSSR count). The summed E-state index contributed by atoms with van der Waals surface area (Å²) in [6, 6.07) is 13.9. The minimum Gasteiger partial charge on any atom is -0.446 e. The smallest absolute Gasteiger partial charge is 0.200 e. The SMILES string of the molecule is O=C1CCCCC[C@@H]1Sc1nnc(-c2ccc(Br)o2)n1Cc1ccccc1. The monoisotopic (exact) mass is 445 g/mol. The molecule has 1 saturated carbocycles. The first-order chi connectivity index (χ1) is 13.2. The summed E-state index contributed by atoms with van der Waals surface area (Å²) in [6.07, 6.45) is 4.80. The summed E-state index contributed by atoms with van der Waals surface area (Å²) in [5.74, 6) is 1.66. The van der Waals surface area contributed by atoms with Gasteiger partial charge in [0.25, 0.3) is 0 Å². The van der Waals surface area contributed by atoms with Gasteiger partial charge in [0, 0.05) is 6.42 Å². The fourth-order valence-electron chi connectivity index (χ4n) is 3.28. The molecule has 0 spiro atoms. The zero-order chi connectivity index (χ0) is 18.6. The van der Waals surface area contributed by atoms with E-state index in [2.05, 4.69) is 38.3 Å². The number of benzene rings is 1. The van der Waals surface area contributed by atoms with Crippen molar-refractivity contribution in [2.24, 2.45) is 0 Å². The molecular weight excluding hydrogens is 426 g/mol. The van der Waals surface area contributed by atoms with Gasteiger partial charge in [-0.05, 0) is 46.5 Å². The zero-order valence-electron chi connectivity index (χ0n) is 14.8. The maximum Gasteiger partial charge on any atom is 0.200 e. The highest BCUT2D eigenvalue weighted by atomic mass is 79.9. The molecule has 1 fully saturated rings. The van der Waals surface area contributed by atoms with Gasteiger partial charge in [0.2, 0.25) is 5.82 Å². The van der Waals surface area contributed by atoms with E-state index < -0.39 is 0 Å². The molecular formula is C20H20BrN3O2S. The molecule has 7 heteroatoms. The Kier molecular flexibility index (Phi) is 5.78. The molecule has 0 radical (unpaired) electrons. The van der Waals surface area contributed by atoms with Crippen molar-refractivity contribution in [3.63, 3.8) is 0 Å². The van der Waals surface area contributed by atoms with Crippen molar-refractivity contribution in [3.8, 4) is 11.6 Å². The molecule has 2 heterocycles. The Balaban J connectivity index is 1.68. The zero-order valence-corrected chi connectivity index (χ0v) is 17.2. The Morgan fingerprint density at radius 3 is 2.74 bits per heavy atom. The van der Waals surface area contributed by atoms with Gasteiger partial charge in [0.15, 0.2) is 15.6 Å². The molecule has 0 N–H and O–H groups in total. The predicted molar refractivity (Wildman–Crippen MR) is 109 cm³/mol. The average molecular weight is 446 g/mol. The first kappa shape index (κ1) is 18.5. The van der Waals surface area contributed by atoms with Gasteiger partial charge in [0.1, 0.15) is 5.78 Å².